The van der Waals surface area contributed by atoms with Crippen LogP contribution in [0.1, 0.15) is 0 Å². The van der Waals surface area contributed by atoms with Crippen molar-refractivity contribution in [3.63, 3.8) is 0 Å². The number of hydrogen-bond donors (Lipinski definition) is 0. The smallest absolute Gasteiger partial charge is 0.374 e. The van der Waals surface area contributed by atoms with Crippen molar-refractivity contribution < 1.29 is 13.3 Å². The van der Waals surface area contributed by atoms with Gasteiger partial charge in [0.15, 0.2) is 0 Å². The Balaban J connectivity index is 4.38. The van der Waals surface area contributed by atoms with E-state index in [1.807, 2.05) is 7.57 Å². The molecule has 0 N–H and O–H groups in total. The zero-order valence-electron chi connectivity index (χ0n) is 7.16. The Kier molecular flexibility index (Phi) is 5.68. The van der Waals surface area contributed by atoms with E-state index < -0.39 is 15.8 Å². The lowest BCUT2D eigenvalue weighted by atomic mass is 10.8. The molecule has 1 unspecified atom stereocenters. The molecule has 11 heavy (non-hydrogen) atoms. The van der Waals surface area contributed by atoms with Crippen LogP contribution < -0.4 is 0 Å². The summed E-state index contributed by atoms with van der Waals surface area (Å²) in [5, 5.41) is 1.68. The van der Waals surface area contributed by atoms with Gasteiger partial charge in [-0.2, -0.15) is 0 Å². The minimum Gasteiger partial charge on any atom is -0.374 e. The summed E-state index contributed by atoms with van der Waals surface area (Å²) < 4.78 is 15.6. The summed E-state index contributed by atoms with van der Waals surface area (Å²) in [4.78, 5) is 0. The van der Waals surface area contributed by atoms with Crippen molar-refractivity contribution in [1.82, 2.24) is 0 Å². The zero-order chi connectivity index (χ0) is 8.91. The maximum atomic E-state index is 5.21. The minimum atomic E-state index is -2.42. The molecule has 0 spiro atoms. The highest BCUT2D eigenvalue weighted by atomic mass is 32.1. The Morgan fingerprint density at radius 1 is 1.27 bits per heavy atom. The molecule has 0 aromatic carbocycles. The van der Waals surface area contributed by atoms with Crippen molar-refractivity contribution in [1.29, 1.82) is 0 Å². The van der Waals surface area contributed by atoms with Gasteiger partial charge < -0.3 is 13.3 Å². The van der Waals surface area contributed by atoms with Gasteiger partial charge in [-0.05, 0) is 12.5 Å². The molecule has 0 aliphatic rings. The van der Waals surface area contributed by atoms with Gasteiger partial charge in [-0.15, -0.1) is 0 Å². The van der Waals surface area contributed by atoms with Crippen molar-refractivity contribution in [2.24, 2.45) is 0 Å². The van der Waals surface area contributed by atoms with E-state index in [1.165, 1.54) is 0 Å². The van der Waals surface area contributed by atoms with E-state index in [4.69, 9.17) is 25.5 Å². The summed E-state index contributed by atoms with van der Waals surface area (Å²) in [5.74, 6) is 0. The van der Waals surface area contributed by atoms with Crippen LogP contribution in [-0.2, 0) is 13.3 Å². The Morgan fingerprint density at radius 2 is 1.64 bits per heavy atom. The van der Waals surface area contributed by atoms with E-state index >= 15 is 0 Å². The van der Waals surface area contributed by atoms with Crippen LogP contribution in [0, 0.1) is 0 Å². The van der Waals surface area contributed by atoms with Gasteiger partial charge >= 0.3 is 8.47 Å². The van der Waals surface area contributed by atoms with E-state index in [0.29, 0.717) is 0 Å². The summed E-state index contributed by atoms with van der Waals surface area (Å²) in [6.45, 7) is 0. The van der Waals surface area contributed by atoms with Crippen LogP contribution in [0.4, 0.5) is 0 Å². The molecule has 0 fully saturated rings. The van der Waals surface area contributed by atoms with Crippen molar-refractivity contribution >= 4 is 40.7 Å². The molecule has 0 aliphatic heterocycles. The van der Waals surface area contributed by atoms with E-state index in [9.17, 15) is 0 Å². The maximum Gasteiger partial charge on any atom is 0.520 e. The summed E-state index contributed by atoms with van der Waals surface area (Å²) >= 11 is 4.82. The zero-order valence-corrected chi connectivity index (χ0v) is 9.87. The molecule has 64 valence electrons. The lowest BCUT2D eigenvalue weighted by Gasteiger charge is -2.27. The molecular weight excluding hydrogens is 198 g/mol. The van der Waals surface area contributed by atoms with Gasteiger partial charge in [-0.3, -0.25) is 0 Å². The first-order valence-electron chi connectivity index (χ1n) is 3.00. The quantitative estimate of drug-likeness (QED) is 0.371. The Hall–Kier alpha value is 0.682. The molecule has 7 heteroatoms. The van der Waals surface area contributed by atoms with E-state index in [1.54, 1.807) is 26.4 Å². The van der Waals surface area contributed by atoms with Crippen molar-refractivity contribution in [3.8, 4) is 0 Å². The second-order valence-corrected chi connectivity index (χ2v) is 9.95. The van der Waals surface area contributed by atoms with Crippen LogP contribution in [0.2, 0.25) is 0 Å². The van der Waals surface area contributed by atoms with Crippen molar-refractivity contribution in [3.05, 3.63) is 0 Å². The Morgan fingerprint density at radius 3 is 1.73 bits per heavy atom. The first kappa shape index (κ1) is 11.7. The average Bonchev–Trinajstić information content (AvgIpc) is 2.08. The summed E-state index contributed by atoms with van der Waals surface area (Å²) in [6.07, 6.45) is 0. The molecule has 0 aromatic heterocycles. The standard InChI is InChI=1S/C4H12BO3PSSi/c1-6-11(7-2,8-3)9(5)4-10/h4H,5H2,1-3H3. The summed E-state index contributed by atoms with van der Waals surface area (Å²) in [7, 11) is 3.79. The van der Waals surface area contributed by atoms with Gasteiger partial charge in [0.2, 0.25) is 0 Å². The van der Waals surface area contributed by atoms with Gasteiger partial charge in [0, 0.05) is 21.3 Å². The average molecular weight is 210 g/mol. The minimum absolute atomic E-state index is 0.564. The lowest BCUT2D eigenvalue weighted by Crippen LogP contribution is -2.41. The highest BCUT2D eigenvalue weighted by Crippen LogP contribution is 2.40. The molecule has 0 rings (SSSR count). The Labute approximate surface area is 75.7 Å². The van der Waals surface area contributed by atoms with E-state index in [2.05, 4.69) is 0 Å². The topological polar surface area (TPSA) is 27.7 Å². The normalized spacial score (nSPS) is 14.5. The van der Waals surface area contributed by atoms with Gasteiger partial charge in [-0.1, -0.05) is 12.2 Å². The molecule has 1 atom stereocenters. The fourth-order valence-corrected chi connectivity index (χ4v) is 6.38. The fourth-order valence-electron chi connectivity index (χ4n) is 0.747. The largest absolute Gasteiger partial charge is 0.520 e. The number of hydrogen-bond acceptors (Lipinski definition) is 4. The second kappa shape index (κ2) is 5.35. The fraction of sp³-hybridized carbons (Fsp3) is 0.750. The molecule has 0 heterocycles. The predicted octanol–water partition coefficient (Wildman–Crippen LogP) is 0.348. The molecular formula is C4H12BO3PSSi. The first-order chi connectivity index (χ1) is 5.16. The van der Waals surface area contributed by atoms with Gasteiger partial charge in [0.05, 0.1) is 0 Å². The highest BCUT2D eigenvalue weighted by Gasteiger charge is 2.42. The SMILES string of the molecule is BP(C=S)[Si](OC)(OC)OC. The third kappa shape index (κ3) is 2.58. The highest BCUT2D eigenvalue weighted by molar-refractivity contribution is 8.23. The first-order valence-corrected chi connectivity index (χ1v) is 7.90. The van der Waals surface area contributed by atoms with Gasteiger partial charge in [0.1, 0.15) is 7.57 Å². The molecule has 0 aliphatic carbocycles. The number of rotatable bonds is 5. The second-order valence-electron chi connectivity index (χ2n) is 1.85. The monoisotopic (exact) mass is 210 g/mol. The maximum absolute atomic E-state index is 5.21. The Bertz CT molecular complexity index is 126. The third-order valence-electron chi connectivity index (χ3n) is 1.36. The van der Waals surface area contributed by atoms with Crippen LogP contribution in [0.5, 0.6) is 0 Å². The van der Waals surface area contributed by atoms with Gasteiger partial charge in [0.25, 0.3) is 0 Å². The summed E-state index contributed by atoms with van der Waals surface area (Å²) in [5.41, 5.74) is 0. The van der Waals surface area contributed by atoms with Crippen LogP contribution in [0.3, 0.4) is 0 Å². The molecule has 0 radical (unpaired) electrons. The van der Waals surface area contributed by atoms with E-state index in [-0.39, 0.29) is 0 Å². The van der Waals surface area contributed by atoms with Crippen LogP contribution >= 0.6 is 19.6 Å². The van der Waals surface area contributed by atoms with Crippen molar-refractivity contribution in [2.75, 3.05) is 21.3 Å². The molecule has 0 saturated carbocycles. The van der Waals surface area contributed by atoms with Gasteiger partial charge in [-0.25, -0.2) is 0 Å². The molecule has 3 nitrogen and oxygen atoms in total. The molecule has 0 saturated heterocycles. The number of thiocarbonyl (C=S) groups is 1. The van der Waals surface area contributed by atoms with E-state index in [0.717, 1.165) is 0 Å². The predicted molar refractivity (Wildman–Crippen MR) is 55.9 cm³/mol. The van der Waals surface area contributed by atoms with Crippen molar-refractivity contribution in [2.45, 2.75) is 0 Å². The summed E-state index contributed by atoms with van der Waals surface area (Å²) in [6, 6.07) is 0. The van der Waals surface area contributed by atoms with Crippen LogP contribution in [0.25, 0.3) is 0 Å². The molecule has 0 amide bonds. The van der Waals surface area contributed by atoms with Crippen LogP contribution in [0.15, 0.2) is 0 Å². The lowest BCUT2D eigenvalue weighted by molar-refractivity contribution is 0.151. The third-order valence-corrected chi connectivity index (χ3v) is 10.2. The molecule has 0 bridgehead atoms. The molecule has 0 aromatic rings. The van der Waals surface area contributed by atoms with Crippen LogP contribution in [-0.4, -0.2) is 42.5 Å².